The van der Waals surface area contributed by atoms with Gasteiger partial charge in [-0.3, -0.25) is 4.57 Å². The first-order chi connectivity index (χ1) is 6.58. The summed E-state index contributed by atoms with van der Waals surface area (Å²) in [5.41, 5.74) is 0. The third-order valence-corrected chi connectivity index (χ3v) is 6.96. The van der Waals surface area contributed by atoms with Gasteiger partial charge in [-0.1, -0.05) is 0 Å². The molecule has 0 radical (unpaired) electrons. The van der Waals surface area contributed by atoms with Crippen molar-refractivity contribution in [2.24, 2.45) is 23.7 Å². The minimum absolute atomic E-state index is 0.133. The molecule has 0 aromatic heterocycles. The van der Waals surface area contributed by atoms with Crippen LogP contribution in [-0.2, 0) is 13.6 Å². The van der Waals surface area contributed by atoms with E-state index in [1.165, 1.54) is 14.2 Å². The Morgan fingerprint density at radius 3 is 2.07 bits per heavy atom. The fraction of sp³-hybridized carbons (Fsp3) is 1.00. The van der Waals surface area contributed by atoms with Gasteiger partial charge in [0.2, 0.25) is 0 Å². The zero-order chi connectivity index (χ0) is 10.1. The molecule has 0 aromatic carbocycles. The van der Waals surface area contributed by atoms with Crippen molar-refractivity contribution in [2.75, 3.05) is 14.2 Å². The second-order valence-corrected chi connectivity index (χ2v) is 7.11. The van der Waals surface area contributed by atoms with Crippen LogP contribution in [0.15, 0.2) is 0 Å². The maximum atomic E-state index is 12.3. The Kier molecular flexibility index (Phi) is 1.62. The Hall–Kier alpha value is 0.110. The van der Waals surface area contributed by atoms with Crippen LogP contribution in [0.3, 0.4) is 0 Å². The van der Waals surface area contributed by atoms with Crippen LogP contribution in [0, 0.1) is 23.7 Å². The Balaban J connectivity index is 2.02. The van der Waals surface area contributed by atoms with Gasteiger partial charge in [0.25, 0.3) is 0 Å². The van der Waals surface area contributed by atoms with Crippen LogP contribution in [0.5, 0.6) is 0 Å². The molecule has 4 saturated carbocycles. The van der Waals surface area contributed by atoms with E-state index in [9.17, 15) is 9.67 Å². The summed E-state index contributed by atoms with van der Waals surface area (Å²) in [5.74, 6) is 1.48. The molecule has 0 aliphatic heterocycles. The van der Waals surface area contributed by atoms with Crippen LogP contribution in [0.2, 0.25) is 0 Å². The standard InChI is InChI=1S/C9H15O4P/c1-12-14(11,13-2)9(10)5-3-6-7(4-5)8(6)9/h5-8,10H,3-4H2,1-2H3. The van der Waals surface area contributed by atoms with E-state index < -0.39 is 12.9 Å². The smallest absolute Gasteiger partial charge is 0.361 e. The topological polar surface area (TPSA) is 55.8 Å². The molecule has 4 rings (SSSR count). The molecule has 4 fully saturated rings. The van der Waals surface area contributed by atoms with Gasteiger partial charge in [-0.05, 0) is 24.7 Å². The molecule has 4 bridgehead atoms. The first-order valence-corrected chi connectivity index (χ1v) is 6.56. The van der Waals surface area contributed by atoms with Crippen molar-refractivity contribution in [2.45, 2.75) is 18.2 Å². The summed E-state index contributed by atoms with van der Waals surface area (Å²) in [5, 5.41) is 9.34. The average Bonchev–Trinajstić information content (AvgIpc) is 2.54. The fourth-order valence-corrected chi connectivity index (χ4v) is 6.00. The Morgan fingerprint density at radius 2 is 1.79 bits per heavy atom. The summed E-state index contributed by atoms with van der Waals surface area (Å²) in [6.45, 7) is 0. The van der Waals surface area contributed by atoms with Crippen molar-refractivity contribution in [1.82, 2.24) is 0 Å². The Morgan fingerprint density at radius 1 is 1.29 bits per heavy atom. The van der Waals surface area contributed by atoms with E-state index in [2.05, 4.69) is 0 Å². The summed E-state index contributed by atoms with van der Waals surface area (Å²) in [6, 6.07) is 0. The van der Waals surface area contributed by atoms with Crippen molar-refractivity contribution < 1.29 is 18.7 Å². The molecule has 4 aliphatic rings. The molecule has 0 amide bonds. The number of aliphatic hydroxyl groups is 1. The zero-order valence-corrected chi connectivity index (χ0v) is 9.24. The molecule has 3 atom stereocenters. The molecule has 0 saturated heterocycles. The van der Waals surface area contributed by atoms with Gasteiger partial charge >= 0.3 is 7.60 Å². The van der Waals surface area contributed by atoms with Crippen LogP contribution >= 0.6 is 7.60 Å². The highest BCUT2D eigenvalue weighted by molar-refractivity contribution is 7.55. The van der Waals surface area contributed by atoms with Gasteiger partial charge in [0, 0.05) is 26.1 Å². The predicted octanol–water partition coefficient (Wildman–Crippen LogP) is 1.45. The summed E-state index contributed by atoms with van der Waals surface area (Å²) in [4.78, 5) is 0. The molecular weight excluding hydrogens is 203 g/mol. The Labute approximate surface area is 83.1 Å². The molecule has 0 spiro atoms. The number of hydrogen-bond donors (Lipinski definition) is 1. The van der Waals surface area contributed by atoms with E-state index in [4.69, 9.17) is 9.05 Å². The van der Waals surface area contributed by atoms with Gasteiger partial charge in [-0.15, -0.1) is 0 Å². The summed E-state index contributed by atoms with van der Waals surface area (Å²) in [7, 11) is -0.601. The molecule has 4 aliphatic carbocycles. The number of rotatable bonds is 3. The van der Waals surface area contributed by atoms with E-state index in [-0.39, 0.29) is 11.8 Å². The summed E-state index contributed by atoms with van der Waals surface area (Å²) < 4.78 is 22.2. The van der Waals surface area contributed by atoms with E-state index in [0.717, 1.165) is 12.8 Å². The van der Waals surface area contributed by atoms with Gasteiger partial charge in [0.15, 0.2) is 5.34 Å². The van der Waals surface area contributed by atoms with Gasteiger partial charge in [0.1, 0.15) is 0 Å². The highest BCUT2D eigenvalue weighted by Crippen LogP contribution is 2.84. The molecule has 80 valence electrons. The molecule has 4 nitrogen and oxygen atoms in total. The first-order valence-electron chi connectivity index (χ1n) is 5.02. The lowest BCUT2D eigenvalue weighted by atomic mass is 10.1. The van der Waals surface area contributed by atoms with E-state index in [1.807, 2.05) is 0 Å². The van der Waals surface area contributed by atoms with Crippen molar-refractivity contribution >= 4 is 7.60 Å². The van der Waals surface area contributed by atoms with Crippen molar-refractivity contribution in [3.05, 3.63) is 0 Å². The van der Waals surface area contributed by atoms with Crippen LogP contribution in [0.4, 0.5) is 0 Å². The normalized spacial score (nSPS) is 53.9. The van der Waals surface area contributed by atoms with Gasteiger partial charge < -0.3 is 14.2 Å². The molecule has 5 heteroatoms. The molecular formula is C9H15O4P. The monoisotopic (exact) mass is 218 g/mol. The predicted molar refractivity (Wildman–Crippen MR) is 49.8 cm³/mol. The molecule has 0 aromatic rings. The highest BCUT2D eigenvalue weighted by Gasteiger charge is 2.81. The van der Waals surface area contributed by atoms with Crippen molar-refractivity contribution in [3.8, 4) is 0 Å². The number of hydrogen-bond acceptors (Lipinski definition) is 4. The minimum atomic E-state index is -3.31. The van der Waals surface area contributed by atoms with Gasteiger partial charge in [0.05, 0.1) is 0 Å². The van der Waals surface area contributed by atoms with Crippen molar-refractivity contribution in [1.29, 1.82) is 0 Å². The second-order valence-electron chi connectivity index (χ2n) is 4.67. The molecule has 14 heavy (non-hydrogen) atoms. The highest BCUT2D eigenvalue weighted by atomic mass is 31.2. The summed E-state index contributed by atoms with van der Waals surface area (Å²) in [6.07, 6.45) is 2.01. The first kappa shape index (κ1) is 9.34. The van der Waals surface area contributed by atoms with Crippen LogP contribution < -0.4 is 0 Å². The van der Waals surface area contributed by atoms with Gasteiger partial charge in [-0.2, -0.15) is 0 Å². The fourth-order valence-electron chi connectivity index (χ4n) is 3.86. The SMILES string of the molecule is COP(=O)(OC)C1(O)C2CC3C(C2)C31. The van der Waals surface area contributed by atoms with Crippen LogP contribution in [0.25, 0.3) is 0 Å². The Bertz CT molecular complexity index is 307. The zero-order valence-electron chi connectivity index (χ0n) is 8.34. The maximum Gasteiger partial charge on any atom is 0.361 e. The lowest BCUT2D eigenvalue weighted by molar-refractivity contribution is 0.0458. The molecule has 0 heterocycles. The lowest BCUT2D eigenvalue weighted by Gasteiger charge is -2.32. The largest absolute Gasteiger partial charge is 0.377 e. The van der Waals surface area contributed by atoms with Crippen LogP contribution in [-0.4, -0.2) is 24.7 Å². The van der Waals surface area contributed by atoms with E-state index in [1.54, 1.807) is 0 Å². The third kappa shape index (κ3) is 0.735. The third-order valence-electron chi connectivity index (χ3n) is 4.46. The lowest BCUT2D eigenvalue weighted by Crippen LogP contribution is -2.34. The molecule has 1 N–H and O–H groups in total. The summed E-state index contributed by atoms with van der Waals surface area (Å²) >= 11 is 0. The van der Waals surface area contributed by atoms with E-state index >= 15 is 0 Å². The van der Waals surface area contributed by atoms with Gasteiger partial charge in [-0.25, -0.2) is 0 Å². The maximum absolute atomic E-state index is 12.3. The van der Waals surface area contributed by atoms with E-state index in [0.29, 0.717) is 11.8 Å². The second kappa shape index (κ2) is 2.43. The molecule has 3 unspecified atom stereocenters. The minimum Gasteiger partial charge on any atom is -0.377 e. The quantitative estimate of drug-likeness (QED) is 0.728. The van der Waals surface area contributed by atoms with Crippen LogP contribution in [0.1, 0.15) is 12.8 Å². The van der Waals surface area contributed by atoms with Crippen molar-refractivity contribution in [3.63, 3.8) is 0 Å². The average molecular weight is 218 g/mol.